The molecular weight excluding hydrogens is 220 g/mol. The number of rotatable bonds is 2. The largest absolute Gasteiger partial charge is 0.507 e. The molecule has 0 aliphatic rings. The van der Waals surface area contributed by atoms with Crippen LogP contribution in [-0.2, 0) is 7.05 Å². The summed E-state index contributed by atoms with van der Waals surface area (Å²) in [6.07, 6.45) is 1.64. The number of phenols is 1. The van der Waals surface area contributed by atoms with Crippen LogP contribution in [0.4, 0.5) is 0 Å². The maximum atomic E-state index is 10.7. The van der Waals surface area contributed by atoms with Gasteiger partial charge in [0.25, 0.3) is 0 Å². The second kappa shape index (κ2) is 3.93. The zero-order valence-corrected chi connectivity index (χ0v) is 9.51. The summed E-state index contributed by atoms with van der Waals surface area (Å²) in [6, 6.07) is 4.29. The number of nitrogens with zero attached hydrogens (tertiary/aromatic N) is 2. The average Bonchev–Trinajstić information content (AvgIpc) is 2.60. The number of aromatic carboxylic acids is 1. The molecule has 1 heterocycles. The lowest BCUT2D eigenvalue weighted by Gasteiger charge is -2.05. The van der Waals surface area contributed by atoms with E-state index in [1.165, 1.54) is 12.1 Å². The highest BCUT2D eigenvalue weighted by molar-refractivity contribution is 5.89. The van der Waals surface area contributed by atoms with E-state index < -0.39 is 5.97 Å². The van der Waals surface area contributed by atoms with Gasteiger partial charge in [-0.05, 0) is 25.1 Å². The molecule has 2 rings (SSSR count). The molecule has 0 saturated heterocycles. The van der Waals surface area contributed by atoms with Gasteiger partial charge < -0.3 is 10.2 Å². The number of carboxylic acids is 1. The van der Waals surface area contributed by atoms with E-state index in [9.17, 15) is 9.90 Å². The first kappa shape index (κ1) is 11.2. The predicted molar refractivity (Wildman–Crippen MR) is 62.0 cm³/mol. The third-order valence-electron chi connectivity index (χ3n) is 2.77. The second-order valence-corrected chi connectivity index (χ2v) is 3.80. The standard InChI is InChI=1S/C12H12N2O3/c1-7-10(6-13-14(7)2)9-4-3-8(12(16)17)5-11(9)15/h3-6,15H,1-2H3,(H,16,17). The predicted octanol–water partition coefficient (Wildman–Crippen LogP) is 1.80. The normalized spacial score (nSPS) is 10.5. The molecule has 0 aliphatic carbocycles. The Hall–Kier alpha value is -2.30. The fourth-order valence-corrected chi connectivity index (χ4v) is 1.66. The van der Waals surface area contributed by atoms with Crippen molar-refractivity contribution in [3.8, 4) is 16.9 Å². The summed E-state index contributed by atoms with van der Waals surface area (Å²) >= 11 is 0. The van der Waals surface area contributed by atoms with Crippen LogP contribution in [-0.4, -0.2) is 26.0 Å². The fourth-order valence-electron chi connectivity index (χ4n) is 1.66. The lowest BCUT2D eigenvalue weighted by atomic mass is 10.0. The van der Waals surface area contributed by atoms with Gasteiger partial charge in [-0.1, -0.05) is 0 Å². The van der Waals surface area contributed by atoms with Crippen molar-refractivity contribution in [3.05, 3.63) is 35.7 Å². The van der Waals surface area contributed by atoms with E-state index in [1.54, 1.807) is 16.9 Å². The Morgan fingerprint density at radius 2 is 2.06 bits per heavy atom. The molecule has 0 amide bonds. The van der Waals surface area contributed by atoms with Gasteiger partial charge >= 0.3 is 5.97 Å². The topological polar surface area (TPSA) is 75.3 Å². The Morgan fingerprint density at radius 3 is 2.53 bits per heavy atom. The Morgan fingerprint density at radius 1 is 1.35 bits per heavy atom. The van der Waals surface area contributed by atoms with Gasteiger partial charge in [0.15, 0.2) is 0 Å². The third-order valence-corrected chi connectivity index (χ3v) is 2.77. The summed E-state index contributed by atoms with van der Waals surface area (Å²) in [5.41, 5.74) is 2.35. The number of carbonyl (C=O) groups is 1. The number of aromatic nitrogens is 2. The molecule has 17 heavy (non-hydrogen) atoms. The molecule has 0 unspecified atom stereocenters. The molecule has 2 aromatic rings. The Kier molecular flexibility index (Phi) is 2.59. The minimum Gasteiger partial charge on any atom is -0.507 e. The zero-order chi connectivity index (χ0) is 12.6. The molecule has 0 atom stereocenters. The molecule has 0 spiro atoms. The van der Waals surface area contributed by atoms with Crippen molar-refractivity contribution in [1.29, 1.82) is 0 Å². The van der Waals surface area contributed by atoms with Crippen LogP contribution in [0.2, 0.25) is 0 Å². The first-order valence-corrected chi connectivity index (χ1v) is 5.06. The van der Waals surface area contributed by atoms with Crippen molar-refractivity contribution in [1.82, 2.24) is 9.78 Å². The highest BCUT2D eigenvalue weighted by Crippen LogP contribution is 2.31. The van der Waals surface area contributed by atoms with E-state index in [-0.39, 0.29) is 11.3 Å². The molecule has 0 radical (unpaired) electrons. The van der Waals surface area contributed by atoms with Gasteiger partial charge in [0.1, 0.15) is 5.75 Å². The molecule has 0 fully saturated rings. The minimum absolute atomic E-state index is 0.0546. The SMILES string of the molecule is Cc1c(-c2ccc(C(=O)O)cc2O)cnn1C. The number of hydrogen-bond donors (Lipinski definition) is 2. The smallest absolute Gasteiger partial charge is 0.335 e. The second-order valence-electron chi connectivity index (χ2n) is 3.80. The highest BCUT2D eigenvalue weighted by Gasteiger charge is 2.13. The van der Waals surface area contributed by atoms with Crippen LogP contribution < -0.4 is 0 Å². The van der Waals surface area contributed by atoms with Crippen molar-refractivity contribution < 1.29 is 15.0 Å². The summed E-state index contributed by atoms with van der Waals surface area (Å²) in [4.78, 5) is 10.7. The Bertz CT molecular complexity index is 587. The summed E-state index contributed by atoms with van der Waals surface area (Å²) < 4.78 is 1.69. The van der Waals surface area contributed by atoms with E-state index in [1.807, 2.05) is 14.0 Å². The molecule has 1 aromatic carbocycles. The van der Waals surface area contributed by atoms with Gasteiger partial charge in [0.2, 0.25) is 0 Å². The molecule has 0 saturated carbocycles. The van der Waals surface area contributed by atoms with Crippen molar-refractivity contribution in [2.75, 3.05) is 0 Å². The molecule has 5 nitrogen and oxygen atoms in total. The van der Waals surface area contributed by atoms with Gasteiger partial charge in [0.05, 0.1) is 11.8 Å². The van der Waals surface area contributed by atoms with Gasteiger partial charge in [-0.2, -0.15) is 5.10 Å². The first-order chi connectivity index (χ1) is 8.00. The number of aryl methyl sites for hydroxylation is 1. The first-order valence-electron chi connectivity index (χ1n) is 5.06. The van der Waals surface area contributed by atoms with Gasteiger partial charge in [-0.25, -0.2) is 4.79 Å². The van der Waals surface area contributed by atoms with E-state index in [0.717, 1.165) is 11.3 Å². The quantitative estimate of drug-likeness (QED) is 0.827. The highest BCUT2D eigenvalue weighted by atomic mass is 16.4. The number of benzene rings is 1. The summed E-state index contributed by atoms with van der Waals surface area (Å²) in [5, 5.41) is 22.7. The van der Waals surface area contributed by atoms with Crippen LogP contribution in [0.15, 0.2) is 24.4 Å². The molecule has 88 valence electrons. The lowest BCUT2D eigenvalue weighted by Crippen LogP contribution is -1.96. The zero-order valence-electron chi connectivity index (χ0n) is 9.51. The summed E-state index contributed by atoms with van der Waals surface area (Å²) in [5.74, 6) is -1.12. The van der Waals surface area contributed by atoms with Crippen LogP contribution in [0.1, 0.15) is 16.1 Å². The van der Waals surface area contributed by atoms with Crippen LogP contribution in [0, 0.1) is 6.92 Å². The maximum Gasteiger partial charge on any atom is 0.335 e. The monoisotopic (exact) mass is 232 g/mol. The van der Waals surface area contributed by atoms with Gasteiger partial charge in [-0.3, -0.25) is 4.68 Å². The van der Waals surface area contributed by atoms with Crippen LogP contribution in [0.25, 0.3) is 11.1 Å². The van der Waals surface area contributed by atoms with Crippen LogP contribution >= 0.6 is 0 Å². The average molecular weight is 232 g/mol. The van der Waals surface area contributed by atoms with E-state index in [4.69, 9.17) is 5.11 Å². The lowest BCUT2D eigenvalue weighted by molar-refractivity contribution is 0.0696. The Balaban J connectivity index is 2.54. The number of hydrogen-bond acceptors (Lipinski definition) is 3. The van der Waals surface area contributed by atoms with Crippen LogP contribution in [0.3, 0.4) is 0 Å². The van der Waals surface area contributed by atoms with Crippen molar-refractivity contribution >= 4 is 5.97 Å². The Labute approximate surface area is 97.9 Å². The number of carboxylic acid groups (broad SMARTS) is 1. The molecule has 2 N–H and O–H groups in total. The van der Waals surface area contributed by atoms with Crippen molar-refractivity contribution in [3.63, 3.8) is 0 Å². The third kappa shape index (κ3) is 1.87. The minimum atomic E-state index is -1.06. The van der Waals surface area contributed by atoms with Crippen molar-refractivity contribution in [2.45, 2.75) is 6.92 Å². The van der Waals surface area contributed by atoms with Gasteiger partial charge in [-0.15, -0.1) is 0 Å². The fraction of sp³-hybridized carbons (Fsp3) is 0.167. The summed E-state index contributed by atoms with van der Waals surface area (Å²) in [7, 11) is 1.81. The molecule has 5 heteroatoms. The molecule has 1 aromatic heterocycles. The summed E-state index contributed by atoms with van der Waals surface area (Å²) in [6.45, 7) is 1.88. The van der Waals surface area contributed by atoms with E-state index in [0.29, 0.717) is 5.56 Å². The maximum absolute atomic E-state index is 10.7. The van der Waals surface area contributed by atoms with E-state index in [2.05, 4.69) is 5.10 Å². The number of phenolic OH excluding ortho intramolecular Hbond substituents is 1. The number of aromatic hydroxyl groups is 1. The van der Waals surface area contributed by atoms with Gasteiger partial charge in [0, 0.05) is 23.9 Å². The van der Waals surface area contributed by atoms with E-state index >= 15 is 0 Å². The van der Waals surface area contributed by atoms with Crippen molar-refractivity contribution in [2.24, 2.45) is 7.05 Å². The molecule has 0 aliphatic heterocycles. The molecule has 0 bridgehead atoms. The van der Waals surface area contributed by atoms with Crippen LogP contribution in [0.5, 0.6) is 5.75 Å². The molecular formula is C12H12N2O3.